The lowest BCUT2D eigenvalue weighted by atomic mass is 9.39. The molecule has 2 amide bonds. The lowest BCUT2D eigenvalue weighted by Crippen LogP contribution is -2.78. The highest BCUT2D eigenvalue weighted by atomic mass is 35.5. The van der Waals surface area contributed by atoms with Gasteiger partial charge in [0, 0.05) is 16.6 Å². The summed E-state index contributed by atoms with van der Waals surface area (Å²) in [6.45, 7) is 3.92. The third-order valence-corrected chi connectivity index (χ3v) is 9.71. The van der Waals surface area contributed by atoms with Gasteiger partial charge in [-0.15, -0.1) is 11.3 Å². The van der Waals surface area contributed by atoms with Gasteiger partial charge < -0.3 is 21.1 Å². The average molecular weight is 545 g/mol. The Kier molecular flexibility index (Phi) is 6.96. The van der Waals surface area contributed by atoms with Crippen molar-refractivity contribution in [3.63, 3.8) is 0 Å². The number of pyridine rings is 1. The molecule has 198 valence electrons. The number of aryl methyl sites for hydroxylation is 1. The number of aromatic nitrogens is 1. The number of hydrogen-bond acceptors (Lipinski definition) is 6. The van der Waals surface area contributed by atoms with Crippen molar-refractivity contribution in [2.45, 2.75) is 82.8 Å². The minimum atomic E-state index is -0.779. The summed E-state index contributed by atoms with van der Waals surface area (Å²) in [5.74, 6) is -0.831. The number of anilines is 1. The van der Waals surface area contributed by atoms with Crippen molar-refractivity contribution in [1.82, 2.24) is 15.6 Å². The van der Waals surface area contributed by atoms with Crippen LogP contribution in [0, 0.1) is 18.3 Å². The first-order chi connectivity index (χ1) is 17.6. The van der Waals surface area contributed by atoms with E-state index in [9.17, 15) is 19.5 Å². The third kappa shape index (κ3) is 5.21. The summed E-state index contributed by atoms with van der Waals surface area (Å²) in [6, 6.07) is 4.85. The van der Waals surface area contributed by atoms with Crippen LogP contribution in [0.25, 0.3) is 0 Å². The van der Waals surface area contributed by atoms with E-state index < -0.39 is 23.0 Å². The number of nitrogens with one attached hydrogen (secondary N) is 3. The molecule has 4 N–H and O–H groups in total. The minimum Gasteiger partial charge on any atom is -0.481 e. The molecule has 6 rings (SSSR count). The predicted molar refractivity (Wildman–Crippen MR) is 143 cm³/mol. The highest BCUT2D eigenvalue weighted by Crippen LogP contribution is 2.67. The largest absolute Gasteiger partial charge is 0.481 e. The van der Waals surface area contributed by atoms with Crippen LogP contribution in [0.4, 0.5) is 5.69 Å². The van der Waals surface area contributed by atoms with Crippen molar-refractivity contribution < 1.29 is 19.5 Å². The number of nitrogens with zero attached hydrogens (tertiary/aromatic N) is 1. The lowest BCUT2D eigenvalue weighted by Gasteiger charge is -2.68. The second kappa shape index (κ2) is 9.91. The van der Waals surface area contributed by atoms with Crippen LogP contribution in [0.3, 0.4) is 0 Å². The van der Waals surface area contributed by atoms with Crippen LogP contribution in [-0.4, -0.2) is 39.5 Å². The molecule has 2 aromatic heterocycles. The molecular formula is C27H33ClN4O4S. The number of halogens is 1. The van der Waals surface area contributed by atoms with E-state index in [1.807, 2.05) is 26.0 Å². The molecule has 10 heteroatoms. The van der Waals surface area contributed by atoms with Crippen molar-refractivity contribution >= 4 is 46.4 Å². The Labute approximate surface area is 225 Å². The Morgan fingerprint density at radius 2 is 1.92 bits per heavy atom. The van der Waals surface area contributed by atoms with Crippen LogP contribution in [0.1, 0.15) is 84.6 Å². The zero-order chi connectivity index (χ0) is 26.4. The van der Waals surface area contributed by atoms with Gasteiger partial charge in [0.2, 0.25) is 5.91 Å². The smallest absolute Gasteiger partial charge is 0.309 e. The molecule has 4 aliphatic rings. The molecule has 4 saturated carbocycles. The second-order valence-electron chi connectivity index (χ2n) is 11.2. The van der Waals surface area contributed by atoms with E-state index in [0.29, 0.717) is 41.5 Å². The molecule has 4 aliphatic carbocycles. The van der Waals surface area contributed by atoms with E-state index in [1.165, 1.54) is 11.3 Å². The molecule has 4 fully saturated rings. The molecular weight excluding hydrogens is 512 g/mol. The van der Waals surface area contributed by atoms with Crippen LogP contribution >= 0.6 is 22.9 Å². The highest BCUT2D eigenvalue weighted by molar-refractivity contribution is 7.14. The lowest BCUT2D eigenvalue weighted by molar-refractivity contribution is -0.200. The number of rotatable bonds is 10. The van der Waals surface area contributed by atoms with Crippen molar-refractivity contribution in [1.29, 1.82) is 0 Å². The van der Waals surface area contributed by atoms with Gasteiger partial charge in [0.05, 0.1) is 32.7 Å². The summed E-state index contributed by atoms with van der Waals surface area (Å²) in [5.41, 5.74) is 0.601. The molecule has 8 nitrogen and oxygen atoms in total. The first-order valence-electron chi connectivity index (χ1n) is 12.9. The Morgan fingerprint density at radius 1 is 1.22 bits per heavy atom. The Hall–Kier alpha value is -2.65. The maximum absolute atomic E-state index is 13.3. The number of carboxylic acids is 1. The zero-order valence-electron chi connectivity index (χ0n) is 21.1. The van der Waals surface area contributed by atoms with Crippen molar-refractivity contribution in [2.24, 2.45) is 11.3 Å². The average Bonchev–Trinajstić information content (AvgIpc) is 3.49. The van der Waals surface area contributed by atoms with Crippen LogP contribution in [-0.2, 0) is 9.59 Å². The van der Waals surface area contributed by atoms with E-state index in [0.717, 1.165) is 41.9 Å². The molecule has 0 aromatic carbocycles. The van der Waals surface area contributed by atoms with Crippen molar-refractivity contribution in [3.05, 3.63) is 44.9 Å². The minimum absolute atomic E-state index is 0.0612. The Bertz CT molecular complexity index is 1200. The van der Waals surface area contributed by atoms with Crippen LogP contribution in [0.15, 0.2) is 24.4 Å². The summed E-state index contributed by atoms with van der Waals surface area (Å²) in [6.07, 6.45) is 8.08. The van der Waals surface area contributed by atoms with E-state index in [1.54, 1.807) is 12.3 Å². The van der Waals surface area contributed by atoms with Crippen LogP contribution in [0.2, 0.25) is 5.02 Å². The fraction of sp³-hybridized carbons (Fsp3) is 0.556. The fourth-order valence-electron chi connectivity index (χ4n) is 6.20. The maximum Gasteiger partial charge on any atom is 0.309 e. The topological polar surface area (TPSA) is 120 Å². The van der Waals surface area contributed by atoms with Crippen molar-refractivity contribution in [2.75, 3.05) is 5.32 Å². The third-order valence-electron chi connectivity index (χ3n) is 8.24. The second-order valence-corrected chi connectivity index (χ2v) is 12.7. The van der Waals surface area contributed by atoms with E-state index in [2.05, 4.69) is 20.9 Å². The standard InChI is InChI=1S/C27H33ClN4O4S/c1-15-19(10-18(28)11-29-15)30-16(2)21-7-8-22(37-21)24(34)31-20(9-17-5-3-4-6-17)23(33)32-27-12-26(13-27,14-27)25(35)36/h7-8,10-11,16-17,20,30H,3-6,9,12-14H2,1-2H3,(H,31,34)(H,32,33)(H,35,36)/t16-,20-,26?,27?/m0/s1. The highest BCUT2D eigenvalue weighted by Gasteiger charge is 2.72. The first kappa shape index (κ1) is 26.0. The summed E-state index contributed by atoms with van der Waals surface area (Å²) in [4.78, 5) is 43.7. The van der Waals surface area contributed by atoms with Gasteiger partial charge in [-0.3, -0.25) is 19.4 Å². The van der Waals surface area contributed by atoms with Gasteiger partial charge in [-0.25, -0.2) is 0 Å². The fourth-order valence-corrected chi connectivity index (χ4v) is 7.27. The Morgan fingerprint density at radius 3 is 2.59 bits per heavy atom. The summed E-state index contributed by atoms with van der Waals surface area (Å²) in [7, 11) is 0. The summed E-state index contributed by atoms with van der Waals surface area (Å²) in [5, 5.41) is 19.4. The molecule has 0 saturated heterocycles. The molecule has 0 unspecified atom stereocenters. The zero-order valence-corrected chi connectivity index (χ0v) is 22.7. The van der Waals surface area contributed by atoms with Gasteiger partial charge in [0.1, 0.15) is 6.04 Å². The van der Waals surface area contributed by atoms with Gasteiger partial charge in [-0.2, -0.15) is 0 Å². The van der Waals surface area contributed by atoms with Gasteiger partial charge in [0.15, 0.2) is 0 Å². The first-order valence-corrected chi connectivity index (χ1v) is 14.1. The molecule has 2 heterocycles. The van der Waals surface area contributed by atoms with Crippen molar-refractivity contribution in [3.8, 4) is 0 Å². The van der Waals surface area contributed by atoms with Gasteiger partial charge >= 0.3 is 5.97 Å². The number of amides is 2. The number of carbonyl (C=O) groups is 3. The number of aliphatic carboxylic acids is 1. The van der Waals surface area contributed by atoms with Crippen LogP contribution in [0.5, 0.6) is 0 Å². The van der Waals surface area contributed by atoms with E-state index >= 15 is 0 Å². The monoisotopic (exact) mass is 544 g/mol. The maximum atomic E-state index is 13.3. The van der Waals surface area contributed by atoms with E-state index in [4.69, 9.17) is 11.6 Å². The number of hydrogen-bond donors (Lipinski definition) is 4. The quantitative estimate of drug-likeness (QED) is 0.331. The molecule has 0 spiro atoms. The normalized spacial score (nSPS) is 25.9. The molecule has 2 atom stereocenters. The number of thiophene rings is 1. The van der Waals surface area contributed by atoms with Crippen LogP contribution < -0.4 is 16.0 Å². The SMILES string of the molecule is Cc1ncc(Cl)cc1N[C@@H](C)c1ccc(C(=O)N[C@@H](CC2CCCC2)C(=O)NC23CC(C(=O)O)(C2)C3)s1. The predicted octanol–water partition coefficient (Wildman–Crippen LogP) is 5.08. The number of carbonyl (C=O) groups excluding carboxylic acids is 2. The summed E-state index contributed by atoms with van der Waals surface area (Å²) < 4.78 is 0. The molecule has 2 aromatic rings. The summed E-state index contributed by atoms with van der Waals surface area (Å²) >= 11 is 7.48. The van der Waals surface area contributed by atoms with Gasteiger partial charge in [-0.05, 0) is 63.6 Å². The Balaban J connectivity index is 1.23. The molecule has 37 heavy (non-hydrogen) atoms. The van der Waals surface area contributed by atoms with Gasteiger partial charge in [-0.1, -0.05) is 37.3 Å². The molecule has 0 radical (unpaired) electrons. The van der Waals surface area contributed by atoms with E-state index in [-0.39, 0.29) is 17.9 Å². The van der Waals surface area contributed by atoms with Gasteiger partial charge in [0.25, 0.3) is 5.91 Å². The molecule has 2 bridgehead atoms. The molecule has 0 aliphatic heterocycles. The number of carboxylic acid groups (broad SMARTS) is 1.